The van der Waals surface area contributed by atoms with Crippen molar-refractivity contribution >= 4 is 17.9 Å². The second-order valence-corrected chi connectivity index (χ2v) is 22.7. The molecule has 0 saturated carbocycles. The normalized spacial score (nSPS) is 12.6. The highest BCUT2D eigenvalue weighted by atomic mass is 16.6. The maximum absolute atomic E-state index is 12.9. The summed E-state index contributed by atoms with van der Waals surface area (Å²) in [6.45, 7) is 6.51. The fraction of sp³-hybridized carbons (Fsp3) is 0.767. The zero-order chi connectivity index (χ0) is 57.1. The van der Waals surface area contributed by atoms with Gasteiger partial charge in [-0.1, -0.05) is 298 Å². The minimum Gasteiger partial charge on any atom is -0.462 e. The number of ether oxygens (including phenoxy) is 3. The average molecular weight is 1100 g/mol. The van der Waals surface area contributed by atoms with Crippen LogP contribution in [0.15, 0.2) is 85.1 Å². The highest BCUT2D eigenvalue weighted by molar-refractivity contribution is 5.71. The van der Waals surface area contributed by atoms with Crippen LogP contribution >= 0.6 is 0 Å². The fourth-order valence-corrected chi connectivity index (χ4v) is 9.74. The van der Waals surface area contributed by atoms with Gasteiger partial charge in [-0.2, -0.15) is 0 Å². The van der Waals surface area contributed by atoms with E-state index in [1.165, 1.54) is 199 Å². The first-order chi connectivity index (χ1) is 39.0. The van der Waals surface area contributed by atoms with Gasteiger partial charge in [-0.3, -0.25) is 14.4 Å². The van der Waals surface area contributed by atoms with E-state index in [0.717, 1.165) is 103 Å². The van der Waals surface area contributed by atoms with Gasteiger partial charge < -0.3 is 14.2 Å². The summed E-state index contributed by atoms with van der Waals surface area (Å²) in [5, 5.41) is 0. The Kier molecular flexibility index (Phi) is 64.2. The molecular formula is C73H128O6. The van der Waals surface area contributed by atoms with Crippen molar-refractivity contribution in [2.45, 2.75) is 348 Å². The predicted molar refractivity (Wildman–Crippen MR) is 344 cm³/mol. The summed E-state index contributed by atoms with van der Waals surface area (Å²) in [5.74, 6) is -0.889. The van der Waals surface area contributed by atoms with Crippen LogP contribution in [0.3, 0.4) is 0 Å². The Morgan fingerprint density at radius 1 is 0.266 bits per heavy atom. The van der Waals surface area contributed by atoms with Crippen LogP contribution in [0.1, 0.15) is 342 Å². The zero-order valence-electron chi connectivity index (χ0n) is 52.4. The van der Waals surface area contributed by atoms with Crippen LogP contribution in [0.25, 0.3) is 0 Å². The first-order valence-electron chi connectivity index (χ1n) is 34.1. The Morgan fingerprint density at radius 2 is 0.506 bits per heavy atom. The van der Waals surface area contributed by atoms with Gasteiger partial charge in [0.25, 0.3) is 0 Å². The highest BCUT2D eigenvalue weighted by Gasteiger charge is 2.19. The van der Waals surface area contributed by atoms with Crippen molar-refractivity contribution in [1.29, 1.82) is 0 Å². The van der Waals surface area contributed by atoms with Crippen LogP contribution in [0.4, 0.5) is 0 Å². The smallest absolute Gasteiger partial charge is 0.306 e. The van der Waals surface area contributed by atoms with Crippen LogP contribution in [0.2, 0.25) is 0 Å². The molecule has 0 amide bonds. The molecule has 0 rings (SSSR count). The average Bonchev–Trinajstić information content (AvgIpc) is 3.45. The number of unbranched alkanes of at least 4 members (excludes halogenated alkanes) is 37. The van der Waals surface area contributed by atoms with Gasteiger partial charge in [0, 0.05) is 19.3 Å². The molecule has 1 unspecified atom stereocenters. The SMILES string of the molecule is CC/C=C\C/C=C\C/C=C\C/C=C\C/C=C\CCCCCCCCCC(=O)OC(COC(=O)CCCCCCC/C=C\CCCC)COC(=O)CCCCCCCCCCCCCCCCC/C=C\CCCCCCCCCC. The second kappa shape index (κ2) is 67.1. The van der Waals surface area contributed by atoms with E-state index in [9.17, 15) is 14.4 Å². The Morgan fingerprint density at radius 3 is 0.823 bits per heavy atom. The Bertz CT molecular complexity index is 1500. The van der Waals surface area contributed by atoms with Gasteiger partial charge >= 0.3 is 17.9 Å². The molecule has 6 nitrogen and oxygen atoms in total. The number of carbonyl (C=O) groups excluding carboxylic acids is 3. The van der Waals surface area contributed by atoms with E-state index in [1.54, 1.807) is 0 Å². The summed E-state index contributed by atoms with van der Waals surface area (Å²) in [6.07, 6.45) is 89.0. The molecule has 1 atom stereocenters. The topological polar surface area (TPSA) is 78.9 Å². The Hall–Kier alpha value is -3.41. The molecule has 0 aromatic heterocycles. The minimum atomic E-state index is -0.787. The van der Waals surface area contributed by atoms with Crippen molar-refractivity contribution in [2.24, 2.45) is 0 Å². The van der Waals surface area contributed by atoms with Crippen LogP contribution in [0.5, 0.6) is 0 Å². The lowest BCUT2D eigenvalue weighted by Gasteiger charge is -2.18. The van der Waals surface area contributed by atoms with Crippen molar-refractivity contribution in [1.82, 2.24) is 0 Å². The third kappa shape index (κ3) is 65.3. The highest BCUT2D eigenvalue weighted by Crippen LogP contribution is 2.17. The van der Waals surface area contributed by atoms with E-state index in [-0.39, 0.29) is 31.1 Å². The molecule has 79 heavy (non-hydrogen) atoms. The molecule has 0 bridgehead atoms. The number of hydrogen-bond acceptors (Lipinski definition) is 6. The number of allylic oxidation sites excluding steroid dienone is 14. The molecule has 0 N–H and O–H groups in total. The van der Waals surface area contributed by atoms with Crippen LogP contribution in [-0.2, 0) is 28.6 Å². The zero-order valence-corrected chi connectivity index (χ0v) is 52.4. The van der Waals surface area contributed by atoms with E-state index in [4.69, 9.17) is 14.2 Å². The second-order valence-electron chi connectivity index (χ2n) is 22.7. The Labute approximate surface area is 490 Å². The molecule has 0 aliphatic carbocycles. The molecule has 6 heteroatoms. The monoisotopic (exact) mass is 1100 g/mol. The molecule has 0 fully saturated rings. The molecule has 0 aliphatic heterocycles. The lowest BCUT2D eigenvalue weighted by molar-refractivity contribution is -0.167. The van der Waals surface area contributed by atoms with Crippen molar-refractivity contribution in [3.63, 3.8) is 0 Å². The van der Waals surface area contributed by atoms with Crippen molar-refractivity contribution < 1.29 is 28.6 Å². The summed E-state index contributed by atoms with van der Waals surface area (Å²) in [5.41, 5.74) is 0. The van der Waals surface area contributed by atoms with Gasteiger partial charge in [0.1, 0.15) is 13.2 Å². The van der Waals surface area contributed by atoms with Crippen LogP contribution in [-0.4, -0.2) is 37.2 Å². The van der Waals surface area contributed by atoms with Crippen LogP contribution < -0.4 is 0 Å². The molecule has 0 spiro atoms. The van der Waals surface area contributed by atoms with Crippen molar-refractivity contribution in [3.8, 4) is 0 Å². The summed E-state index contributed by atoms with van der Waals surface area (Å²) >= 11 is 0. The number of esters is 3. The fourth-order valence-electron chi connectivity index (χ4n) is 9.74. The van der Waals surface area contributed by atoms with Gasteiger partial charge in [0.05, 0.1) is 0 Å². The van der Waals surface area contributed by atoms with Gasteiger partial charge in [-0.05, 0) is 109 Å². The minimum absolute atomic E-state index is 0.0817. The standard InChI is InChI=1S/C73H128O6/c1-4-7-10-13-16-19-22-24-26-28-30-32-34-35-36-37-39-40-42-44-46-48-51-54-57-60-63-66-72(75)78-69-70(68-77-71(74)65-62-59-56-53-50-21-18-15-12-9-6-3)79-73(76)67-64-61-58-55-52-49-47-45-43-41-38-33-31-29-27-25-23-20-17-14-11-8-5-2/h8,11,15,17-18,20,25,27-28,30-31,33,41,43,70H,4-7,9-10,12-14,16,19,21-24,26,29,32,34-40,42,44-69H2,1-3H3/b11-8-,18-15-,20-17-,27-25-,30-28-,33-31-,43-41-. The molecule has 0 aromatic carbocycles. The maximum Gasteiger partial charge on any atom is 0.306 e. The summed E-state index contributed by atoms with van der Waals surface area (Å²) in [4.78, 5) is 38.3. The van der Waals surface area contributed by atoms with Gasteiger partial charge in [0.2, 0.25) is 0 Å². The first kappa shape index (κ1) is 75.6. The predicted octanol–water partition coefficient (Wildman–Crippen LogP) is 23.4. The van der Waals surface area contributed by atoms with Crippen molar-refractivity contribution in [2.75, 3.05) is 13.2 Å². The number of hydrogen-bond donors (Lipinski definition) is 0. The van der Waals surface area contributed by atoms with E-state index in [0.29, 0.717) is 19.3 Å². The molecule has 0 aliphatic rings. The van der Waals surface area contributed by atoms with E-state index < -0.39 is 6.10 Å². The van der Waals surface area contributed by atoms with Gasteiger partial charge in [-0.25, -0.2) is 0 Å². The van der Waals surface area contributed by atoms with E-state index >= 15 is 0 Å². The van der Waals surface area contributed by atoms with Gasteiger partial charge in [0.15, 0.2) is 6.10 Å². The molecule has 0 radical (unpaired) electrons. The molecule has 456 valence electrons. The quantitative estimate of drug-likeness (QED) is 0.0261. The third-order valence-electron chi connectivity index (χ3n) is 14.9. The summed E-state index contributed by atoms with van der Waals surface area (Å²) in [6, 6.07) is 0. The number of carbonyl (C=O) groups is 3. The lowest BCUT2D eigenvalue weighted by Crippen LogP contribution is -2.30. The summed E-state index contributed by atoms with van der Waals surface area (Å²) < 4.78 is 16.9. The summed E-state index contributed by atoms with van der Waals surface area (Å²) in [7, 11) is 0. The molecule has 0 heterocycles. The maximum atomic E-state index is 12.9. The third-order valence-corrected chi connectivity index (χ3v) is 14.9. The largest absolute Gasteiger partial charge is 0.462 e. The van der Waals surface area contributed by atoms with Crippen molar-refractivity contribution in [3.05, 3.63) is 85.1 Å². The lowest BCUT2D eigenvalue weighted by atomic mass is 10.0. The molecular weight excluding hydrogens is 973 g/mol. The Balaban J connectivity index is 4.24. The van der Waals surface area contributed by atoms with E-state index in [1.807, 2.05) is 0 Å². The molecule has 0 saturated heterocycles. The van der Waals surface area contributed by atoms with Gasteiger partial charge in [-0.15, -0.1) is 0 Å². The number of rotatable bonds is 62. The van der Waals surface area contributed by atoms with Crippen LogP contribution in [0, 0.1) is 0 Å². The first-order valence-corrected chi connectivity index (χ1v) is 34.1. The molecule has 0 aromatic rings. The van der Waals surface area contributed by atoms with E-state index in [2.05, 4.69) is 106 Å².